The number of para-hydroxylation sites is 1. The second-order valence-electron chi connectivity index (χ2n) is 26.5. The van der Waals surface area contributed by atoms with Crippen molar-refractivity contribution in [2.45, 2.75) is 190 Å². The number of unbranched alkanes of at least 4 members (excludes halogenated alkanes) is 1. The average Bonchev–Trinajstić information content (AvgIpc) is 1.70. The molecule has 1 aromatic heterocycles. The number of H-pyrrole nitrogens is 1. The van der Waals surface area contributed by atoms with Gasteiger partial charge in [-0.1, -0.05) is 62.4 Å². The number of nitrogens with zero attached hydrogens (tertiary/aromatic N) is 3. The molecule has 0 fully saturated rings. The van der Waals surface area contributed by atoms with Gasteiger partial charge in [-0.25, -0.2) is 4.79 Å². The van der Waals surface area contributed by atoms with Crippen LogP contribution in [0.2, 0.25) is 0 Å². The van der Waals surface area contributed by atoms with Gasteiger partial charge in [0.05, 0.1) is 12.5 Å². The molecule has 111 heavy (non-hydrogen) atoms. The smallest absolute Gasteiger partial charge is 0.326 e. The Bertz CT molecular complexity index is 3710. The summed E-state index contributed by atoms with van der Waals surface area (Å²) in [4.78, 5) is 209. The van der Waals surface area contributed by atoms with Gasteiger partial charge in [0.1, 0.15) is 66.5 Å². The number of aromatic amines is 1. The molecule has 0 saturated heterocycles. The fraction of sp³-hybridized carbons (Fsp3) is 0.551. The second-order valence-corrected chi connectivity index (χ2v) is 27.8. The molecule has 0 unspecified atom stereocenters. The Morgan fingerprint density at radius 1 is 0.459 bits per heavy atom. The number of nitrogens with one attached hydrogen (secondary N) is 12. The Morgan fingerprint density at radius 2 is 0.874 bits per heavy atom. The zero-order valence-electron chi connectivity index (χ0n) is 62.8. The zero-order chi connectivity index (χ0) is 82.9. The van der Waals surface area contributed by atoms with E-state index in [1.54, 1.807) is 80.9 Å². The molecule has 42 heteroatoms. The molecule has 13 amide bonds. The molecule has 1 heterocycles. The maximum absolute atomic E-state index is 14.8. The lowest BCUT2D eigenvalue weighted by molar-refractivity contribution is -0.143. The van der Waals surface area contributed by atoms with Gasteiger partial charge in [0, 0.05) is 61.7 Å². The largest absolute Gasteiger partial charge is 0.480 e. The van der Waals surface area contributed by atoms with Gasteiger partial charge in [0.15, 0.2) is 17.9 Å². The van der Waals surface area contributed by atoms with Crippen LogP contribution in [0.15, 0.2) is 75.8 Å². The quantitative estimate of drug-likeness (QED) is 0.0108. The molecule has 0 radical (unpaired) electrons. The van der Waals surface area contributed by atoms with E-state index in [-0.39, 0.29) is 126 Å². The number of hydrogen-bond donors (Lipinski definition) is 24. The van der Waals surface area contributed by atoms with E-state index >= 15 is 0 Å². The number of benzene rings is 2. The average molecular weight is 1590 g/mol. The Balaban J connectivity index is 2.02. The van der Waals surface area contributed by atoms with Crippen molar-refractivity contribution in [3.63, 3.8) is 0 Å². The second kappa shape index (κ2) is 49.9. The van der Waals surface area contributed by atoms with Gasteiger partial charge < -0.3 is 126 Å². The van der Waals surface area contributed by atoms with Crippen LogP contribution in [0.4, 0.5) is 0 Å². The predicted molar refractivity (Wildman–Crippen MR) is 421 cm³/mol. The lowest BCUT2D eigenvalue weighted by Gasteiger charge is -2.29. The third-order valence-corrected chi connectivity index (χ3v) is 18.1. The minimum absolute atomic E-state index is 0.0153. The molecule has 33 N–H and O–H groups in total. The summed E-state index contributed by atoms with van der Waals surface area (Å²) in [5, 5.41) is 38.8. The summed E-state index contributed by atoms with van der Waals surface area (Å²) in [5.41, 5.74) is 57.9. The molecule has 0 bridgehead atoms. The number of carbonyl (C=O) groups is 14. The first-order valence-electron chi connectivity index (χ1n) is 36.0. The molecule has 614 valence electrons. The molecule has 0 spiro atoms. The van der Waals surface area contributed by atoms with Crippen LogP contribution >= 0.6 is 24.4 Å². The van der Waals surface area contributed by atoms with E-state index in [4.69, 9.17) is 57.3 Å². The Labute approximate surface area is 652 Å². The van der Waals surface area contributed by atoms with Crippen LogP contribution in [-0.2, 0) is 80.0 Å². The number of rotatable bonds is 53. The first kappa shape index (κ1) is 94.2. The molecule has 0 aliphatic rings. The molecular formula is C69H111N25O15S2. The molecule has 3 aromatic rings. The minimum atomic E-state index is -1.90. The molecule has 0 saturated carbocycles. The number of amides is 13. The molecule has 0 aliphatic heterocycles. The van der Waals surface area contributed by atoms with Crippen LogP contribution in [0.25, 0.3) is 10.9 Å². The standard InChI is InChI=1S/C69H111N25O15S2/c1-36(2)54(65(107)90-48(66(108)109)22-14-29-82-69(78)79)94-61(103)43(19-10-11-26-70)85-57(99)44(20-12-27-80-67(74)75)87-60(102)47(25-30-111-4)89-64(106)51(33-53(73)96)93-58(100)45(21-13-28-81-68(76)77)86-59(101)46(23-24-52(72)95)88-63(105)50(32-39-34-83-42-18-9-8-17-40(39)42)91-55(97)37(3)84-62(104)49(92-56(98)41(71)35-110)31-38-15-6-5-7-16-38/h5-9,15-18,34,36-37,41,43-51,54,83,110H,10-14,19-33,35,70-71H2,1-4H3,(H2,72,95)(H2,73,96)(H,84,104)(H,85,99)(H,86,101)(H,87,102)(H,88,105)(H,89,106)(H,90,107)(H,91,97)(H,92,98)(H,93,100)(H,94,103)(H,108,109)(H4,74,75,80)(H4,76,77,81)(H4,78,79,82)/t37-,41-,43-,44-,45-,46-,47-,48-,49-,50-,51-,54-/m0/s1. The van der Waals surface area contributed by atoms with E-state index in [0.717, 1.165) is 0 Å². The summed E-state index contributed by atoms with van der Waals surface area (Å²) in [6.07, 6.45) is 1.14. The highest BCUT2D eigenvalue weighted by Gasteiger charge is 2.38. The summed E-state index contributed by atoms with van der Waals surface area (Å²) < 4.78 is 0. The fourth-order valence-corrected chi connectivity index (χ4v) is 11.7. The van der Waals surface area contributed by atoms with Crippen LogP contribution in [0.5, 0.6) is 0 Å². The molecule has 3 rings (SSSR count). The van der Waals surface area contributed by atoms with Crippen molar-refractivity contribution < 1.29 is 72.2 Å². The maximum Gasteiger partial charge on any atom is 0.326 e. The van der Waals surface area contributed by atoms with Gasteiger partial charge in [-0.2, -0.15) is 24.4 Å². The fourth-order valence-electron chi connectivity index (χ4n) is 11.0. The number of aliphatic carboxylic acids is 1. The first-order valence-corrected chi connectivity index (χ1v) is 38.1. The van der Waals surface area contributed by atoms with Crippen molar-refractivity contribution in [1.82, 2.24) is 63.5 Å². The third kappa shape index (κ3) is 35.5. The Kier molecular flexibility index (Phi) is 42.4. The van der Waals surface area contributed by atoms with Crippen molar-refractivity contribution >= 4 is 136 Å². The minimum Gasteiger partial charge on any atom is -0.480 e. The monoisotopic (exact) mass is 1590 g/mol. The van der Waals surface area contributed by atoms with Gasteiger partial charge in [-0.05, 0) is 119 Å². The third-order valence-electron chi connectivity index (χ3n) is 17.1. The molecule has 0 aliphatic carbocycles. The van der Waals surface area contributed by atoms with Gasteiger partial charge in [-0.15, -0.1) is 0 Å². The van der Waals surface area contributed by atoms with Crippen molar-refractivity contribution in [1.29, 1.82) is 0 Å². The van der Waals surface area contributed by atoms with E-state index in [2.05, 4.69) is 91.1 Å². The molecular weight excluding hydrogens is 1480 g/mol. The van der Waals surface area contributed by atoms with E-state index in [9.17, 15) is 72.2 Å². The van der Waals surface area contributed by atoms with Gasteiger partial charge in [-0.3, -0.25) is 77.3 Å². The number of thiol groups is 1. The van der Waals surface area contributed by atoms with Crippen LogP contribution in [0.1, 0.15) is 115 Å². The summed E-state index contributed by atoms with van der Waals surface area (Å²) in [5.74, 6) is -15.2. The van der Waals surface area contributed by atoms with Crippen LogP contribution in [0.3, 0.4) is 0 Å². The summed E-state index contributed by atoms with van der Waals surface area (Å²) in [6.45, 7) is 4.60. The van der Waals surface area contributed by atoms with Crippen molar-refractivity contribution in [2.75, 3.05) is 43.9 Å². The molecule has 40 nitrogen and oxygen atoms in total. The van der Waals surface area contributed by atoms with Gasteiger partial charge in [0.25, 0.3) is 0 Å². The number of aromatic nitrogens is 1. The predicted octanol–water partition coefficient (Wildman–Crippen LogP) is -6.51. The maximum atomic E-state index is 14.8. The van der Waals surface area contributed by atoms with Crippen LogP contribution < -0.4 is 116 Å². The molecule has 2 aromatic carbocycles. The van der Waals surface area contributed by atoms with Gasteiger partial charge >= 0.3 is 5.97 Å². The highest BCUT2D eigenvalue weighted by molar-refractivity contribution is 7.98. The number of primary amides is 2. The number of nitrogens with two attached hydrogens (primary N) is 10. The number of carboxylic acid groups (broad SMARTS) is 1. The zero-order valence-corrected chi connectivity index (χ0v) is 64.5. The number of fused-ring (bicyclic) bond motifs is 1. The SMILES string of the molecule is CSCC[C@H](NC(=O)[C@H](CC(N)=O)NC(=O)[C@H](CCCN=C(N)N)NC(=O)[C@H](CCC(N)=O)NC(=O)[C@H](Cc1c[nH]c2ccccc12)NC(=O)[C@H](C)NC(=O)[C@H](Cc1ccccc1)NC(=O)[C@@H](N)CS)C(=O)N[C@@H](CCCN=C(N)N)C(=O)N[C@@H](CCCCN)C(=O)N[C@H](C(=O)N[C@@H](CCCN=C(N)N)C(=O)O)C(C)C. The highest BCUT2D eigenvalue weighted by Crippen LogP contribution is 2.20. The lowest BCUT2D eigenvalue weighted by atomic mass is 10.0. The topological polar surface area (TPSA) is 705 Å². The van der Waals surface area contributed by atoms with E-state index < -0.39 is 180 Å². The van der Waals surface area contributed by atoms with E-state index in [1.807, 2.05) is 0 Å². The van der Waals surface area contributed by atoms with Crippen molar-refractivity contribution in [3.05, 3.63) is 71.9 Å². The Morgan fingerprint density at radius 3 is 1.35 bits per heavy atom. The van der Waals surface area contributed by atoms with E-state index in [0.29, 0.717) is 28.5 Å². The summed E-state index contributed by atoms with van der Waals surface area (Å²) >= 11 is 5.34. The summed E-state index contributed by atoms with van der Waals surface area (Å²) in [7, 11) is 0. The van der Waals surface area contributed by atoms with Gasteiger partial charge in [0.2, 0.25) is 76.8 Å². The normalized spacial score (nSPS) is 14.3. The van der Waals surface area contributed by atoms with Crippen molar-refractivity contribution in [2.24, 2.45) is 78.2 Å². The number of carboxylic acids is 1. The number of thioether (sulfide) groups is 1. The first-order chi connectivity index (χ1) is 52.6. The van der Waals surface area contributed by atoms with Crippen LogP contribution in [-0.4, -0.2) is 227 Å². The number of aliphatic imine (C=N–C) groups is 3. The van der Waals surface area contributed by atoms with Crippen molar-refractivity contribution in [3.8, 4) is 0 Å². The lowest BCUT2D eigenvalue weighted by Crippen LogP contribution is -2.61. The number of hydrogen-bond acceptors (Lipinski definition) is 21. The van der Waals surface area contributed by atoms with E-state index in [1.165, 1.54) is 18.7 Å². The highest BCUT2D eigenvalue weighted by atomic mass is 32.2. The molecule has 12 atom stereocenters. The Hall–Kier alpha value is -11.0. The van der Waals surface area contributed by atoms with Crippen LogP contribution in [0, 0.1) is 5.92 Å². The number of carbonyl (C=O) groups excluding carboxylic acids is 13. The number of guanidine groups is 3. The summed E-state index contributed by atoms with van der Waals surface area (Å²) in [6, 6.07) is -2.09.